The number of hydrogen-bond acceptors (Lipinski definition) is 4. The third-order valence-corrected chi connectivity index (χ3v) is 2.28. The highest BCUT2D eigenvalue weighted by Crippen LogP contribution is 2.07. The van der Waals surface area contributed by atoms with Gasteiger partial charge in [0.1, 0.15) is 6.33 Å². The van der Waals surface area contributed by atoms with Gasteiger partial charge in [-0.15, -0.1) is 0 Å². The monoisotopic (exact) mass is 232 g/mol. The van der Waals surface area contributed by atoms with Crippen molar-refractivity contribution in [2.75, 3.05) is 0 Å². The van der Waals surface area contributed by atoms with E-state index in [0.717, 1.165) is 18.5 Å². The normalized spacial score (nSPS) is 10.4. The SMILES string of the molecule is CCCc1cc(-n2cc(C(=O)O)cn2)ncn1. The Kier molecular flexibility index (Phi) is 3.13. The second-order valence-electron chi connectivity index (χ2n) is 3.60. The molecule has 2 aromatic rings. The molecule has 88 valence electrons. The molecule has 1 N–H and O–H groups in total. The molecule has 0 fully saturated rings. The van der Waals surface area contributed by atoms with E-state index < -0.39 is 5.97 Å². The molecule has 0 unspecified atom stereocenters. The van der Waals surface area contributed by atoms with Gasteiger partial charge in [-0.3, -0.25) is 0 Å². The zero-order valence-corrected chi connectivity index (χ0v) is 9.37. The molecule has 0 radical (unpaired) electrons. The molecule has 0 amide bonds. The van der Waals surface area contributed by atoms with Crippen molar-refractivity contribution in [1.82, 2.24) is 19.7 Å². The van der Waals surface area contributed by atoms with E-state index in [0.29, 0.717) is 5.82 Å². The Balaban J connectivity index is 2.31. The lowest BCUT2D eigenvalue weighted by Crippen LogP contribution is -2.01. The smallest absolute Gasteiger partial charge is 0.338 e. The van der Waals surface area contributed by atoms with Gasteiger partial charge in [0.2, 0.25) is 0 Å². The molecule has 0 bridgehead atoms. The van der Waals surface area contributed by atoms with Gasteiger partial charge in [-0.2, -0.15) is 5.10 Å². The standard InChI is InChI=1S/C11H12N4O2/c1-2-3-9-4-10(13-7-12-9)15-6-8(5-14-15)11(16)17/h4-7H,2-3H2,1H3,(H,16,17). The minimum absolute atomic E-state index is 0.139. The molecule has 0 spiro atoms. The Morgan fingerprint density at radius 1 is 1.47 bits per heavy atom. The van der Waals surface area contributed by atoms with E-state index >= 15 is 0 Å². The van der Waals surface area contributed by atoms with Crippen LogP contribution in [0.3, 0.4) is 0 Å². The molecule has 2 aromatic heterocycles. The molecule has 0 aliphatic heterocycles. The van der Waals surface area contributed by atoms with Crippen LogP contribution in [0.4, 0.5) is 0 Å². The second-order valence-corrected chi connectivity index (χ2v) is 3.60. The summed E-state index contributed by atoms with van der Waals surface area (Å²) in [6.45, 7) is 2.07. The Labute approximate surface area is 98.0 Å². The third-order valence-electron chi connectivity index (χ3n) is 2.28. The first-order valence-electron chi connectivity index (χ1n) is 5.30. The van der Waals surface area contributed by atoms with Crippen LogP contribution in [-0.2, 0) is 6.42 Å². The Morgan fingerprint density at radius 2 is 2.29 bits per heavy atom. The van der Waals surface area contributed by atoms with E-state index in [4.69, 9.17) is 5.11 Å². The van der Waals surface area contributed by atoms with Gasteiger partial charge in [-0.1, -0.05) is 13.3 Å². The van der Waals surface area contributed by atoms with Crippen LogP contribution in [0, 0.1) is 0 Å². The van der Waals surface area contributed by atoms with Crippen molar-refractivity contribution in [2.24, 2.45) is 0 Å². The molecule has 0 saturated heterocycles. The first-order chi connectivity index (χ1) is 8.20. The van der Waals surface area contributed by atoms with E-state index in [1.807, 2.05) is 6.07 Å². The van der Waals surface area contributed by atoms with Crippen LogP contribution in [0.2, 0.25) is 0 Å². The molecule has 0 saturated carbocycles. The molecule has 6 heteroatoms. The predicted molar refractivity (Wildman–Crippen MR) is 60.1 cm³/mol. The van der Waals surface area contributed by atoms with Crippen LogP contribution in [0.5, 0.6) is 0 Å². The van der Waals surface area contributed by atoms with Crippen molar-refractivity contribution in [3.8, 4) is 5.82 Å². The molecule has 2 heterocycles. The summed E-state index contributed by atoms with van der Waals surface area (Å²) in [5.74, 6) is -0.421. The topological polar surface area (TPSA) is 80.9 Å². The molecule has 2 rings (SSSR count). The Hall–Kier alpha value is -2.24. The summed E-state index contributed by atoms with van der Waals surface area (Å²) in [6.07, 6.45) is 6.05. The molecule has 0 aromatic carbocycles. The number of aromatic nitrogens is 4. The number of hydrogen-bond donors (Lipinski definition) is 1. The van der Waals surface area contributed by atoms with Crippen LogP contribution in [0.1, 0.15) is 29.4 Å². The fourth-order valence-corrected chi connectivity index (χ4v) is 1.46. The van der Waals surface area contributed by atoms with Gasteiger partial charge in [-0.25, -0.2) is 19.4 Å². The number of aryl methyl sites for hydroxylation is 1. The summed E-state index contributed by atoms with van der Waals surface area (Å²) >= 11 is 0. The fraction of sp³-hybridized carbons (Fsp3) is 0.273. The van der Waals surface area contributed by atoms with Gasteiger partial charge in [-0.05, 0) is 6.42 Å². The van der Waals surface area contributed by atoms with E-state index in [1.165, 1.54) is 23.4 Å². The first kappa shape index (κ1) is 11.3. The van der Waals surface area contributed by atoms with Crippen LogP contribution < -0.4 is 0 Å². The summed E-state index contributed by atoms with van der Waals surface area (Å²) < 4.78 is 1.43. The maximum atomic E-state index is 10.7. The van der Waals surface area contributed by atoms with Crippen LogP contribution in [0.25, 0.3) is 5.82 Å². The van der Waals surface area contributed by atoms with Crippen molar-refractivity contribution in [3.63, 3.8) is 0 Å². The van der Waals surface area contributed by atoms with E-state index in [2.05, 4.69) is 22.0 Å². The molecule has 6 nitrogen and oxygen atoms in total. The summed E-state index contributed by atoms with van der Waals surface area (Å²) in [6, 6.07) is 1.81. The van der Waals surface area contributed by atoms with Gasteiger partial charge in [0.25, 0.3) is 0 Å². The summed E-state index contributed by atoms with van der Waals surface area (Å²) in [7, 11) is 0. The minimum Gasteiger partial charge on any atom is -0.478 e. The van der Waals surface area contributed by atoms with Crippen LogP contribution in [-0.4, -0.2) is 30.8 Å². The van der Waals surface area contributed by atoms with Gasteiger partial charge in [0, 0.05) is 18.0 Å². The van der Waals surface area contributed by atoms with Gasteiger partial charge >= 0.3 is 5.97 Å². The fourth-order valence-electron chi connectivity index (χ4n) is 1.46. The number of carboxylic acid groups (broad SMARTS) is 1. The summed E-state index contributed by atoms with van der Waals surface area (Å²) in [5, 5.41) is 12.8. The quantitative estimate of drug-likeness (QED) is 0.859. The number of carbonyl (C=O) groups is 1. The molecule has 17 heavy (non-hydrogen) atoms. The predicted octanol–water partition coefficient (Wildman–Crippen LogP) is 1.31. The lowest BCUT2D eigenvalue weighted by molar-refractivity contribution is 0.0697. The van der Waals surface area contributed by atoms with Gasteiger partial charge < -0.3 is 5.11 Å². The summed E-state index contributed by atoms with van der Waals surface area (Å²) in [5.41, 5.74) is 1.06. The van der Waals surface area contributed by atoms with Crippen LogP contribution >= 0.6 is 0 Å². The molecule has 0 aliphatic rings. The van der Waals surface area contributed by atoms with Gasteiger partial charge in [0.05, 0.1) is 11.8 Å². The zero-order chi connectivity index (χ0) is 12.3. The number of carboxylic acids is 1. The molecular formula is C11H12N4O2. The lowest BCUT2D eigenvalue weighted by Gasteiger charge is -2.01. The summed E-state index contributed by atoms with van der Waals surface area (Å²) in [4.78, 5) is 18.9. The highest BCUT2D eigenvalue weighted by molar-refractivity contribution is 5.86. The number of aromatic carboxylic acids is 1. The third kappa shape index (κ3) is 2.47. The Bertz CT molecular complexity index is 536. The molecule has 0 aliphatic carbocycles. The zero-order valence-electron chi connectivity index (χ0n) is 9.37. The average molecular weight is 232 g/mol. The minimum atomic E-state index is -1.00. The van der Waals surface area contributed by atoms with Crippen LogP contribution in [0.15, 0.2) is 24.8 Å². The van der Waals surface area contributed by atoms with Crippen molar-refractivity contribution < 1.29 is 9.90 Å². The second kappa shape index (κ2) is 4.73. The largest absolute Gasteiger partial charge is 0.478 e. The van der Waals surface area contributed by atoms with Gasteiger partial charge in [0.15, 0.2) is 5.82 Å². The molecule has 0 atom stereocenters. The average Bonchev–Trinajstić information content (AvgIpc) is 2.79. The van der Waals surface area contributed by atoms with E-state index in [-0.39, 0.29) is 5.56 Å². The first-order valence-corrected chi connectivity index (χ1v) is 5.30. The highest BCUT2D eigenvalue weighted by atomic mass is 16.4. The lowest BCUT2D eigenvalue weighted by atomic mass is 10.2. The van der Waals surface area contributed by atoms with Crippen molar-refractivity contribution in [1.29, 1.82) is 0 Å². The van der Waals surface area contributed by atoms with E-state index in [9.17, 15) is 4.79 Å². The van der Waals surface area contributed by atoms with E-state index in [1.54, 1.807) is 0 Å². The molecular weight excluding hydrogens is 220 g/mol. The number of rotatable bonds is 4. The van der Waals surface area contributed by atoms with Crippen molar-refractivity contribution >= 4 is 5.97 Å². The number of nitrogens with zero attached hydrogens (tertiary/aromatic N) is 4. The maximum Gasteiger partial charge on any atom is 0.338 e. The van der Waals surface area contributed by atoms with Crippen molar-refractivity contribution in [2.45, 2.75) is 19.8 Å². The highest BCUT2D eigenvalue weighted by Gasteiger charge is 2.08. The van der Waals surface area contributed by atoms with Crippen molar-refractivity contribution in [3.05, 3.63) is 36.0 Å². The Morgan fingerprint density at radius 3 is 2.94 bits per heavy atom. The maximum absolute atomic E-state index is 10.7.